The normalized spacial score (nSPS) is 12.0. The molecule has 0 aliphatic carbocycles. The summed E-state index contributed by atoms with van der Waals surface area (Å²) in [4.78, 5) is 34.6. The van der Waals surface area contributed by atoms with E-state index in [0.717, 1.165) is 18.2 Å². The topological polar surface area (TPSA) is 107 Å². The van der Waals surface area contributed by atoms with Crippen molar-refractivity contribution < 1.29 is 37.2 Å². The fraction of sp³-hybridized carbons (Fsp3) is 0.500. The second-order valence-corrected chi connectivity index (χ2v) is 8.83. The first-order valence-electron chi connectivity index (χ1n) is 8.76. The van der Waals surface area contributed by atoms with E-state index < -0.39 is 40.7 Å². The molecule has 0 N–H and O–H groups in total. The van der Waals surface area contributed by atoms with Gasteiger partial charge in [-0.15, -0.1) is 0 Å². The van der Waals surface area contributed by atoms with Crippen molar-refractivity contribution >= 4 is 40.7 Å². The number of carbonyl (C=O) groups is 3. The molecule has 0 bridgehead atoms. The van der Waals surface area contributed by atoms with Gasteiger partial charge < -0.3 is 0 Å². The number of esters is 3. The van der Waals surface area contributed by atoms with Crippen LogP contribution < -0.4 is 0 Å². The van der Waals surface area contributed by atoms with Gasteiger partial charge in [0.15, 0.2) is 0 Å². The first-order chi connectivity index (χ1) is 13.2. The van der Waals surface area contributed by atoms with Crippen molar-refractivity contribution in [3.8, 4) is 0 Å². The van der Waals surface area contributed by atoms with Crippen molar-refractivity contribution in [3.05, 3.63) is 35.5 Å². The molecule has 0 unspecified atom stereocenters. The third kappa shape index (κ3) is 13.1. The summed E-state index contributed by atoms with van der Waals surface area (Å²) in [6.07, 6.45) is 3.48. The van der Waals surface area contributed by atoms with Crippen LogP contribution >= 0.6 is 0 Å². The van der Waals surface area contributed by atoms with Crippen LogP contribution in [0.25, 0.3) is 0 Å². The Bertz CT molecular complexity index is 537. The fourth-order valence-corrected chi connectivity index (χ4v) is 5.27. The van der Waals surface area contributed by atoms with E-state index in [2.05, 4.69) is 0 Å². The number of hydrogen-bond donors (Lipinski definition) is 0. The summed E-state index contributed by atoms with van der Waals surface area (Å²) in [7, 11) is 0. The van der Waals surface area contributed by atoms with Crippen molar-refractivity contribution in [3.63, 3.8) is 0 Å². The molecule has 0 aromatic carbocycles. The van der Waals surface area contributed by atoms with Gasteiger partial charge in [0.1, 0.15) is 0 Å². The molecule has 0 radical (unpaired) electrons. The predicted octanol–water partition coefficient (Wildman–Crippen LogP) is 2.42. The summed E-state index contributed by atoms with van der Waals surface area (Å²) < 4.78 is 31.3. The third-order valence-electron chi connectivity index (χ3n) is 2.67. The number of hydrogen-bond acceptors (Lipinski definition) is 9. The summed E-state index contributed by atoms with van der Waals surface area (Å²) in [5.41, 5.74) is 0. The molecule has 0 aliphatic heterocycles. The molecule has 28 heavy (non-hydrogen) atoms. The zero-order valence-electron chi connectivity index (χ0n) is 17.1. The Morgan fingerprint density at radius 1 is 0.607 bits per heavy atom. The molecular weight excluding hydrogens is 475 g/mol. The Morgan fingerprint density at radius 3 is 1.07 bits per heavy atom. The van der Waals surface area contributed by atoms with Gasteiger partial charge >= 0.3 is 175 Å². The van der Waals surface area contributed by atoms with E-state index in [0.29, 0.717) is 0 Å². The van der Waals surface area contributed by atoms with E-state index in [1.165, 1.54) is 0 Å². The van der Waals surface area contributed by atoms with Crippen molar-refractivity contribution in [2.75, 3.05) is 19.8 Å². The first-order valence-corrected chi connectivity index (χ1v) is 12.8. The fourth-order valence-electron chi connectivity index (χ4n) is 1.68. The van der Waals surface area contributed by atoms with Gasteiger partial charge in [-0.2, -0.15) is 0 Å². The zero-order valence-corrected chi connectivity index (χ0v) is 20.4. The number of rotatable bonds is 12. The van der Waals surface area contributed by atoms with E-state index in [-0.39, 0.29) is 37.1 Å². The number of ether oxygens (including phenoxy) is 3. The molecule has 0 aromatic rings. The minimum absolute atomic E-state index is 0.227. The van der Waals surface area contributed by atoms with Crippen LogP contribution in [0.1, 0.15) is 41.5 Å². The summed E-state index contributed by atoms with van der Waals surface area (Å²) in [6, 6.07) is 0. The van der Waals surface area contributed by atoms with Crippen molar-refractivity contribution in [2.45, 2.75) is 41.5 Å². The molecule has 156 valence electrons. The van der Waals surface area contributed by atoms with Crippen LogP contribution in [0.15, 0.2) is 35.5 Å². The Labute approximate surface area is 174 Å². The number of allylic oxidation sites excluding steroid dienone is 3. The Kier molecular flexibility index (Phi) is 13.8. The quantitative estimate of drug-likeness (QED) is 0.172. The summed E-state index contributed by atoms with van der Waals surface area (Å²) >= 11 is -3.78. The van der Waals surface area contributed by atoms with Gasteiger partial charge in [-0.1, -0.05) is 0 Å². The van der Waals surface area contributed by atoms with Crippen LogP contribution in [0.2, 0.25) is 0 Å². The van der Waals surface area contributed by atoms with Gasteiger partial charge in [0.05, 0.1) is 0 Å². The molecule has 0 saturated heterocycles. The maximum absolute atomic E-state index is 11.5. The molecule has 0 aromatic heterocycles. The van der Waals surface area contributed by atoms with Crippen molar-refractivity contribution in [1.29, 1.82) is 0 Å². The average Bonchev–Trinajstić information content (AvgIpc) is 2.54. The predicted molar refractivity (Wildman–Crippen MR) is 100 cm³/mol. The Morgan fingerprint density at radius 2 is 0.857 bits per heavy atom. The van der Waals surface area contributed by atoms with Crippen LogP contribution in [0.4, 0.5) is 0 Å². The Balaban J connectivity index is 5.27. The molecule has 0 aliphatic rings. The molecule has 0 amide bonds. The molecular formula is C18H27InO9. The molecule has 9 nitrogen and oxygen atoms in total. The average molecular weight is 502 g/mol. The second-order valence-electron chi connectivity index (χ2n) is 5.16. The van der Waals surface area contributed by atoms with E-state index in [4.69, 9.17) is 22.8 Å². The van der Waals surface area contributed by atoms with Crippen molar-refractivity contribution in [1.82, 2.24) is 0 Å². The molecule has 0 fully saturated rings. The minimum atomic E-state index is -3.78. The molecule has 0 spiro atoms. The van der Waals surface area contributed by atoms with E-state index >= 15 is 0 Å². The molecule has 0 atom stereocenters. The monoisotopic (exact) mass is 502 g/mol. The van der Waals surface area contributed by atoms with Gasteiger partial charge in [0, 0.05) is 0 Å². The van der Waals surface area contributed by atoms with E-state index in [1.807, 2.05) is 0 Å². The SMILES string of the molecule is CCOC(=O)/C=C(\C)[O][In]([O]/C(C)=C/C(=O)OCC)[O]/C(C)=C/C(=O)OCC. The summed E-state index contributed by atoms with van der Waals surface area (Å²) in [5.74, 6) is -1.01. The zero-order chi connectivity index (χ0) is 21.5. The first kappa shape index (κ1) is 25.9. The summed E-state index contributed by atoms with van der Waals surface area (Å²) in [6.45, 7) is 10.4. The van der Waals surface area contributed by atoms with Gasteiger partial charge in [-0.25, -0.2) is 0 Å². The van der Waals surface area contributed by atoms with Crippen LogP contribution in [-0.4, -0.2) is 60.5 Å². The van der Waals surface area contributed by atoms with Gasteiger partial charge in [0.2, 0.25) is 0 Å². The summed E-state index contributed by atoms with van der Waals surface area (Å²) in [5, 5.41) is 0. The van der Waals surface area contributed by atoms with Crippen LogP contribution in [0.3, 0.4) is 0 Å². The van der Waals surface area contributed by atoms with E-state index in [1.54, 1.807) is 41.5 Å². The molecule has 10 heteroatoms. The van der Waals surface area contributed by atoms with Gasteiger partial charge in [0.25, 0.3) is 0 Å². The molecule has 0 saturated carbocycles. The van der Waals surface area contributed by atoms with Crippen LogP contribution in [0, 0.1) is 0 Å². The Hall–Kier alpha value is -2.10. The molecule has 0 rings (SSSR count). The third-order valence-corrected chi connectivity index (χ3v) is 7.50. The van der Waals surface area contributed by atoms with Gasteiger partial charge in [-0.3, -0.25) is 0 Å². The van der Waals surface area contributed by atoms with E-state index in [9.17, 15) is 14.4 Å². The standard InChI is InChI=1S/3C6H10O3.In/c3*1-3-9-6(8)4-5(2)7;/h3*4,7H,3H2,1-2H3;/q;;;+3/p-3/b3*5-4+;. The van der Waals surface area contributed by atoms with Crippen LogP contribution in [0.5, 0.6) is 0 Å². The second kappa shape index (κ2) is 14.9. The van der Waals surface area contributed by atoms with Gasteiger partial charge in [-0.05, 0) is 0 Å². The molecule has 0 heterocycles. The van der Waals surface area contributed by atoms with Crippen LogP contribution in [-0.2, 0) is 37.2 Å². The maximum atomic E-state index is 11.5. The van der Waals surface area contributed by atoms with Crippen molar-refractivity contribution in [2.24, 2.45) is 0 Å². The number of carbonyl (C=O) groups excluding carboxylic acids is 3.